The van der Waals surface area contributed by atoms with Crippen LogP contribution in [0.3, 0.4) is 0 Å². The molecule has 0 spiro atoms. The average Bonchev–Trinajstić information content (AvgIpc) is 3.51. The molecule has 0 aliphatic carbocycles. The Morgan fingerprint density at radius 1 is 0.917 bits per heavy atom. The molecule has 5 aromatic rings. The molecule has 0 atom stereocenters. The van der Waals surface area contributed by atoms with Crippen molar-refractivity contribution in [2.24, 2.45) is 0 Å². The van der Waals surface area contributed by atoms with E-state index in [1.807, 2.05) is 56.3 Å². The highest BCUT2D eigenvalue weighted by molar-refractivity contribution is 6.16. The maximum atomic E-state index is 13.1. The van der Waals surface area contributed by atoms with E-state index in [2.05, 4.69) is 15.8 Å². The van der Waals surface area contributed by atoms with Crippen molar-refractivity contribution in [1.82, 2.24) is 5.16 Å². The van der Waals surface area contributed by atoms with Gasteiger partial charge in [-0.1, -0.05) is 29.4 Å². The number of fused-ring (bicyclic) bond motifs is 1. The Bertz CT molecular complexity index is 1550. The lowest BCUT2D eigenvalue weighted by atomic mass is 10.1. The van der Waals surface area contributed by atoms with Gasteiger partial charge < -0.3 is 24.3 Å². The van der Waals surface area contributed by atoms with E-state index in [4.69, 9.17) is 13.7 Å². The molecular formula is C28H23N3O5. The van der Waals surface area contributed by atoms with Gasteiger partial charge in [0, 0.05) is 22.7 Å². The number of carbonyl (C=O) groups is 2. The number of para-hydroxylation sites is 1. The van der Waals surface area contributed by atoms with Gasteiger partial charge in [0.05, 0.1) is 6.61 Å². The highest BCUT2D eigenvalue weighted by Gasteiger charge is 2.24. The largest absolute Gasteiger partial charge is 0.494 e. The average molecular weight is 482 g/mol. The van der Waals surface area contributed by atoms with Crippen LogP contribution in [-0.2, 0) is 0 Å². The molecule has 0 unspecified atom stereocenters. The molecule has 0 bridgehead atoms. The Morgan fingerprint density at radius 2 is 1.72 bits per heavy atom. The number of furan rings is 1. The molecule has 5 rings (SSSR count). The molecule has 2 aromatic heterocycles. The maximum Gasteiger partial charge on any atom is 0.293 e. The van der Waals surface area contributed by atoms with Gasteiger partial charge >= 0.3 is 0 Å². The zero-order chi connectivity index (χ0) is 25.1. The van der Waals surface area contributed by atoms with Crippen molar-refractivity contribution in [3.63, 3.8) is 0 Å². The molecule has 0 aliphatic heterocycles. The molecule has 8 heteroatoms. The summed E-state index contributed by atoms with van der Waals surface area (Å²) in [5.41, 5.74) is 3.16. The van der Waals surface area contributed by atoms with E-state index >= 15 is 0 Å². The van der Waals surface area contributed by atoms with Gasteiger partial charge in [0.15, 0.2) is 11.5 Å². The summed E-state index contributed by atoms with van der Waals surface area (Å²) >= 11 is 0. The third kappa shape index (κ3) is 4.69. The van der Waals surface area contributed by atoms with Gasteiger partial charge in [-0.3, -0.25) is 9.59 Å². The molecular weight excluding hydrogens is 458 g/mol. The lowest BCUT2D eigenvalue weighted by Crippen LogP contribution is -2.17. The molecule has 8 nitrogen and oxygen atoms in total. The van der Waals surface area contributed by atoms with Gasteiger partial charge in [-0.05, 0) is 67.9 Å². The van der Waals surface area contributed by atoms with E-state index in [0.717, 1.165) is 16.9 Å². The van der Waals surface area contributed by atoms with Crippen LogP contribution in [0.25, 0.3) is 22.3 Å². The summed E-state index contributed by atoms with van der Waals surface area (Å²) in [6, 6.07) is 23.3. The summed E-state index contributed by atoms with van der Waals surface area (Å²) in [5, 5.41) is 10.1. The van der Waals surface area contributed by atoms with Crippen LogP contribution < -0.4 is 15.4 Å². The molecule has 2 amide bonds. The van der Waals surface area contributed by atoms with Crippen molar-refractivity contribution in [3.8, 4) is 17.1 Å². The zero-order valence-corrected chi connectivity index (χ0v) is 19.7. The lowest BCUT2D eigenvalue weighted by Gasteiger charge is -2.07. The molecule has 2 heterocycles. The molecule has 0 saturated heterocycles. The second-order valence-corrected chi connectivity index (χ2v) is 8.11. The molecule has 0 radical (unpaired) electrons. The minimum Gasteiger partial charge on any atom is -0.494 e. The molecule has 0 fully saturated rings. The molecule has 180 valence electrons. The topological polar surface area (TPSA) is 107 Å². The fraction of sp³-hybridized carbons (Fsp3) is 0.107. The minimum atomic E-state index is -0.535. The predicted molar refractivity (Wildman–Crippen MR) is 136 cm³/mol. The van der Waals surface area contributed by atoms with Crippen LogP contribution in [0, 0.1) is 6.92 Å². The number of hydrogen-bond acceptors (Lipinski definition) is 6. The number of ether oxygens (including phenoxy) is 1. The van der Waals surface area contributed by atoms with Crippen molar-refractivity contribution >= 4 is 34.2 Å². The number of carbonyl (C=O) groups excluding carboxylic acids is 2. The normalized spacial score (nSPS) is 10.8. The summed E-state index contributed by atoms with van der Waals surface area (Å²) < 4.78 is 16.7. The van der Waals surface area contributed by atoms with E-state index < -0.39 is 11.8 Å². The number of anilines is 2. The monoisotopic (exact) mass is 481 g/mol. The smallest absolute Gasteiger partial charge is 0.293 e. The van der Waals surface area contributed by atoms with Crippen LogP contribution in [-0.4, -0.2) is 23.6 Å². The number of nitrogens with one attached hydrogen (secondary N) is 2. The first-order chi connectivity index (χ1) is 17.5. The molecule has 3 aromatic carbocycles. The Morgan fingerprint density at radius 3 is 2.50 bits per heavy atom. The summed E-state index contributed by atoms with van der Waals surface area (Å²) in [7, 11) is 0. The molecule has 36 heavy (non-hydrogen) atoms. The quantitative estimate of drug-likeness (QED) is 0.283. The van der Waals surface area contributed by atoms with Gasteiger partial charge in [0.2, 0.25) is 5.76 Å². The highest BCUT2D eigenvalue weighted by Crippen LogP contribution is 2.32. The van der Waals surface area contributed by atoms with Crippen molar-refractivity contribution in [3.05, 3.63) is 95.9 Å². The Balaban J connectivity index is 1.41. The minimum absolute atomic E-state index is 0.0127. The first-order valence-corrected chi connectivity index (χ1v) is 11.4. The first-order valence-electron chi connectivity index (χ1n) is 11.4. The number of aryl methyl sites for hydroxylation is 1. The van der Waals surface area contributed by atoms with Gasteiger partial charge in [-0.15, -0.1) is 0 Å². The Kier molecular flexibility index (Phi) is 6.23. The van der Waals surface area contributed by atoms with Crippen LogP contribution >= 0.6 is 0 Å². The van der Waals surface area contributed by atoms with E-state index in [1.54, 1.807) is 36.4 Å². The SMILES string of the molecule is CCOc1ccc(-c2cc(C(=O)Nc3c(C(=O)Nc4cccc(C)c4)oc4ccccc34)no2)cc1. The first kappa shape index (κ1) is 22.9. The number of nitrogens with zero attached hydrogens (tertiary/aromatic N) is 1. The summed E-state index contributed by atoms with van der Waals surface area (Å²) in [6.45, 7) is 4.41. The number of hydrogen-bond donors (Lipinski definition) is 2. The van der Waals surface area contributed by atoms with E-state index in [9.17, 15) is 9.59 Å². The Hall–Kier alpha value is -4.85. The second kappa shape index (κ2) is 9.79. The maximum absolute atomic E-state index is 13.1. The van der Waals surface area contributed by atoms with Crippen molar-refractivity contribution in [2.75, 3.05) is 17.2 Å². The number of amides is 2. The summed E-state index contributed by atoms with van der Waals surface area (Å²) in [4.78, 5) is 26.2. The summed E-state index contributed by atoms with van der Waals surface area (Å²) in [5.74, 6) is 0.135. The third-order valence-corrected chi connectivity index (χ3v) is 5.51. The lowest BCUT2D eigenvalue weighted by molar-refractivity contribution is 0.0999. The van der Waals surface area contributed by atoms with Crippen LogP contribution in [0.2, 0.25) is 0 Å². The Labute approximate surface area is 206 Å². The van der Waals surface area contributed by atoms with E-state index in [0.29, 0.717) is 29.0 Å². The van der Waals surface area contributed by atoms with E-state index in [-0.39, 0.29) is 17.1 Å². The molecule has 2 N–H and O–H groups in total. The fourth-order valence-electron chi connectivity index (χ4n) is 3.82. The van der Waals surface area contributed by atoms with Gasteiger partial charge in [-0.25, -0.2) is 0 Å². The van der Waals surface area contributed by atoms with Crippen molar-refractivity contribution in [2.45, 2.75) is 13.8 Å². The standard InChI is InChI=1S/C28H23N3O5/c1-3-34-20-13-11-18(12-14-20)24-16-22(31-36-24)27(32)30-25-21-9-4-5-10-23(21)35-26(25)28(33)29-19-8-6-7-17(2)15-19/h4-16H,3H2,1-2H3,(H,29,33)(H,30,32). The van der Waals surface area contributed by atoms with Crippen molar-refractivity contribution < 1.29 is 23.3 Å². The van der Waals surface area contributed by atoms with E-state index in [1.165, 1.54) is 0 Å². The predicted octanol–water partition coefficient (Wildman–Crippen LogP) is 6.30. The number of aromatic nitrogens is 1. The molecule has 0 saturated carbocycles. The summed E-state index contributed by atoms with van der Waals surface area (Å²) in [6.07, 6.45) is 0. The van der Waals surface area contributed by atoms with Gasteiger partial charge in [0.1, 0.15) is 17.0 Å². The number of rotatable bonds is 7. The van der Waals surface area contributed by atoms with Crippen LogP contribution in [0.1, 0.15) is 33.5 Å². The fourth-order valence-corrected chi connectivity index (χ4v) is 3.82. The third-order valence-electron chi connectivity index (χ3n) is 5.51. The van der Waals surface area contributed by atoms with Crippen molar-refractivity contribution in [1.29, 1.82) is 0 Å². The highest BCUT2D eigenvalue weighted by atomic mass is 16.5. The van der Waals surface area contributed by atoms with Gasteiger partial charge in [0.25, 0.3) is 11.8 Å². The van der Waals surface area contributed by atoms with Crippen LogP contribution in [0.5, 0.6) is 5.75 Å². The van der Waals surface area contributed by atoms with Crippen LogP contribution in [0.15, 0.2) is 87.8 Å². The number of benzene rings is 3. The van der Waals surface area contributed by atoms with Gasteiger partial charge in [-0.2, -0.15) is 0 Å². The van der Waals surface area contributed by atoms with Crippen LogP contribution in [0.4, 0.5) is 11.4 Å². The second-order valence-electron chi connectivity index (χ2n) is 8.11. The zero-order valence-electron chi connectivity index (χ0n) is 19.7. The molecule has 0 aliphatic rings.